The summed E-state index contributed by atoms with van der Waals surface area (Å²) in [6, 6.07) is 15.5. The second-order valence-corrected chi connectivity index (χ2v) is 9.54. The number of benzene rings is 2. The molecule has 3 heterocycles. The molecule has 0 radical (unpaired) electrons. The van der Waals surface area contributed by atoms with Crippen molar-refractivity contribution in [3.8, 4) is 5.69 Å². The lowest BCUT2D eigenvalue weighted by Gasteiger charge is -2.21. The minimum atomic E-state index is 0.0320. The lowest BCUT2D eigenvalue weighted by molar-refractivity contribution is 0.0767. The van der Waals surface area contributed by atoms with E-state index in [1.807, 2.05) is 28.6 Å². The molecule has 1 saturated heterocycles. The third-order valence-corrected chi connectivity index (χ3v) is 7.23. The van der Waals surface area contributed by atoms with E-state index in [1.165, 1.54) is 5.56 Å². The average molecular weight is 466 g/mol. The van der Waals surface area contributed by atoms with Gasteiger partial charge in [-0.3, -0.25) is 4.79 Å². The number of halogens is 1. The van der Waals surface area contributed by atoms with Crippen molar-refractivity contribution >= 4 is 44.3 Å². The van der Waals surface area contributed by atoms with Crippen molar-refractivity contribution in [2.75, 3.05) is 31.1 Å². The maximum atomic E-state index is 12.9. The molecule has 6 nitrogen and oxygen atoms in total. The smallest absolute Gasteiger partial charge is 0.253 e. The molecule has 0 bridgehead atoms. The Morgan fingerprint density at radius 3 is 2.62 bits per heavy atom. The molecule has 0 saturated carbocycles. The van der Waals surface area contributed by atoms with Gasteiger partial charge in [0.15, 0.2) is 10.8 Å². The summed E-state index contributed by atoms with van der Waals surface area (Å²) in [5.41, 5.74) is 4.74. The van der Waals surface area contributed by atoms with Gasteiger partial charge in [-0.1, -0.05) is 46.7 Å². The maximum absolute atomic E-state index is 12.9. The summed E-state index contributed by atoms with van der Waals surface area (Å²) in [5.74, 6) is 0.0320. The fourth-order valence-electron chi connectivity index (χ4n) is 4.04. The third-order valence-electron chi connectivity index (χ3n) is 5.78. The van der Waals surface area contributed by atoms with Crippen molar-refractivity contribution in [2.24, 2.45) is 0 Å². The van der Waals surface area contributed by atoms with E-state index in [9.17, 15) is 4.79 Å². The Hall–Kier alpha value is -2.90. The Morgan fingerprint density at radius 2 is 1.84 bits per heavy atom. The molecule has 4 aromatic rings. The number of rotatable bonds is 3. The summed E-state index contributed by atoms with van der Waals surface area (Å²) in [5, 5.41) is 6.28. The lowest BCUT2D eigenvalue weighted by atomic mass is 10.2. The number of carbonyl (C=O) groups excluding carboxylic acids is 1. The predicted molar refractivity (Wildman–Crippen MR) is 130 cm³/mol. The first kappa shape index (κ1) is 21.0. The average Bonchev–Trinajstić information content (AvgIpc) is 3.25. The predicted octanol–water partition coefficient (Wildman–Crippen LogP) is 5.10. The molecular weight excluding hydrogens is 442 g/mol. The van der Waals surface area contributed by atoms with Crippen molar-refractivity contribution in [3.05, 3.63) is 70.4 Å². The van der Waals surface area contributed by atoms with Crippen molar-refractivity contribution in [1.82, 2.24) is 19.7 Å². The molecule has 2 aromatic carbocycles. The molecule has 2 aromatic heterocycles. The number of nitrogens with zero attached hydrogens (tertiary/aromatic N) is 5. The van der Waals surface area contributed by atoms with Gasteiger partial charge < -0.3 is 9.80 Å². The summed E-state index contributed by atoms with van der Waals surface area (Å²) in [6.45, 7) is 7.11. The van der Waals surface area contributed by atoms with Crippen LogP contribution in [-0.2, 0) is 0 Å². The summed E-state index contributed by atoms with van der Waals surface area (Å²) in [6.07, 6.45) is 0.894. The number of aryl methyl sites for hydroxylation is 2. The van der Waals surface area contributed by atoms with Crippen LogP contribution >= 0.6 is 22.9 Å². The van der Waals surface area contributed by atoms with Crippen LogP contribution in [0.2, 0.25) is 5.02 Å². The molecule has 164 valence electrons. The molecule has 0 spiro atoms. The Morgan fingerprint density at radius 1 is 1.03 bits per heavy atom. The monoisotopic (exact) mass is 465 g/mol. The van der Waals surface area contributed by atoms with Crippen LogP contribution in [0.1, 0.15) is 28.0 Å². The van der Waals surface area contributed by atoms with Gasteiger partial charge in [0.25, 0.3) is 5.91 Å². The maximum Gasteiger partial charge on any atom is 0.253 e. The Labute approximate surface area is 196 Å². The highest BCUT2D eigenvalue weighted by Crippen LogP contribution is 2.33. The summed E-state index contributed by atoms with van der Waals surface area (Å²) in [4.78, 5) is 22.1. The normalized spacial score (nSPS) is 14.7. The van der Waals surface area contributed by atoms with E-state index >= 15 is 0 Å². The Kier molecular flexibility index (Phi) is 5.61. The van der Waals surface area contributed by atoms with E-state index < -0.39 is 0 Å². The zero-order chi connectivity index (χ0) is 22.2. The molecule has 0 N–H and O–H groups in total. The molecule has 0 atom stereocenters. The number of fused-ring (bicyclic) bond motifs is 1. The first-order valence-electron chi connectivity index (χ1n) is 10.7. The number of thiazole rings is 1. The highest BCUT2D eigenvalue weighted by atomic mass is 35.5. The van der Waals surface area contributed by atoms with Crippen LogP contribution in [0.15, 0.2) is 48.5 Å². The van der Waals surface area contributed by atoms with Gasteiger partial charge in [-0.2, -0.15) is 10.1 Å². The minimum Gasteiger partial charge on any atom is -0.346 e. The lowest BCUT2D eigenvalue weighted by Crippen LogP contribution is -2.35. The number of amides is 1. The number of hydrogen-bond acceptors (Lipinski definition) is 5. The molecule has 0 unspecified atom stereocenters. The van der Waals surface area contributed by atoms with Crippen molar-refractivity contribution in [3.63, 3.8) is 0 Å². The van der Waals surface area contributed by atoms with E-state index in [4.69, 9.17) is 21.7 Å². The van der Waals surface area contributed by atoms with E-state index in [-0.39, 0.29) is 5.91 Å². The molecule has 1 aliphatic rings. The number of anilines is 1. The summed E-state index contributed by atoms with van der Waals surface area (Å²) >= 11 is 7.75. The number of carbonyl (C=O) groups is 1. The molecule has 0 aliphatic carbocycles. The van der Waals surface area contributed by atoms with Crippen LogP contribution in [0.5, 0.6) is 0 Å². The fourth-order valence-corrected chi connectivity index (χ4v) is 5.27. The first-order chi connectivity index (χ1) is 15.5. The molecule has 1 aliphatic heterocycles. The van der Waals surface area contributed by atoms with Crippen molar-refractivity contribution < 1.29 is 4.79 Å². The van der Waals surface area contributed by atoms with Crippen LogP contribution in [0, 0.1) is 13.8 Å². The van der Waals surface area contributed by atoms with Gasteiger partial charge in [0, 0.05) is 36.8 Å². The second-order valence-electron chi connectivity index (χ2n) is 8.13. The largest absolute Gasteiger partial charge is 0.346 e. The molecule has 32 heavy (non-hydrogen) atoms. The van der Waals surface area contributed by atoms with Crippen LogP contribution < -0.4 is 4.90 Å². The van der Waals surface area contributed by atoms with Gasteiger partial charge in [-0.05, 0) is 50.6 Å². The highest BCUT2D eigenvalue weighted by molar-refractivity contribution is 7.22. The minimum absolute atomic E-state index is 0.0320. The van der Waals surface area contributed by atoms with Gasteiger partial charge in [0.05, 0.1) is 16.1 Å². The van der Waals surface area contributed by atoms with Crippen molar-refractivity contribution in [2.45, 2.75) is 20.3 Å². The Bertz CT molecular complexity index is 1280. The summed E-state index contributed by atoms with van der Waals surface area (Å²) in [7, 11) is 0. The van der Waals surface area contributed by atoms with Gasteiger partial charge in [-0.25, -0.2) is 4.68 Å². The van der Waals surface area contributed by atoms with Crippen molar-refractivity contribution in [1.29, 1.82) is 0 Å². The van der Waals surface area contributed by atoms with E-state index in [1.54, 1.807) is 23.5 Å². The SMILES string of the molecule is Cc1ccc(-n2nc(C)c3sc(N4CCCN(C(=O)c5cccc(Cl)c5)CC4)nc32)cc1. The third kappa shape index (κ3) is 3.98. The topological polar surface area (TPSA) is 54.3 Å². The number of hydrogen-bond donors (Lipinski definition) is 0. The second kappa shape index (κ2) is 8.56. The molecule has 1 fully saturated rings. The van der Waals surface area contributed by atoms with Crippen LogP contribution in [0.4, 0.5) is 5.13 Å². The van der Waals surface area contributed by atoms with Crippen LogP contribution in [0.25, 0.3) is 16.0 Å². The van der Waals surface area contributed by atoms with E-state index in [0.717, 1.165) is 52.9 Å². The van der Waals surface area contributed by atoms with Gasteiger partial charge in [0.1, 0.15) is 0 Å². The van der Waals surface area contributed by atoms with Crippen LogP contribution in [-0.4, -0.2) is 51.8 Å². The quantitative estimate of drug-likeness (QED) is 0.422. The fraction of sp³-hybridized carbons (Fsp3) is 0.292. The summed E-state index contributed by atoms with van der Waals surface area (Å²) < 4.78 is 3.04. The van der Waals surface area contributed by atoms with Gasteiger partial charge in [0.2, 0.25) is 0 Å². The van der Waals surface area contributed by atoms with Crippen LogP contribution in [0.3, 0.4) is 0 Å². The van der Waals surface area contributed by atoms with Gasteiger partial charge in [-0.15, -0.1) is 0 Å². The van der Waals surface area contributed by atoms with E-state index in [0.29, 0.717) is 17.1 Å². The standard InChI is InChI=1S/C24H24ClN5OS/c1-16-7-9-20(10-8-16)30-22-21(17(2)27-30)32-24(26-22)29-12-4-11-28(13-14-29)23(31)18-5-3-6-19(25)15-18/h3,5-10,15H,4,11-14H2,1-2H3. The van der Waals surface area contributed by atoms with E-state index in [2.05, 4.69) is 36.1 Å². The molecular formula is C24H24ClN5OS. The first-order valence-corrected chi connectivity index (χ1v) is 11.9. The number of aromatic nitrogens is 3. The Balaban J connectivity index is 1.37. The van der Waals surface area contributed by atoms with Gasteiger partial charge >= 0.3 is 0 Å². The highest BCUT2D eigenvalue weighted by Gasteiger charge is 2.24. The molecule has 1 amide bonds. The zero-order valence-corrected chi connectivity index (χ0v) is 19.7. The zero-order valence-electron chi connectivity index (χ0n) is 18.1. The molecule has 8 heteroatoms. The molecule has 5 rings (SSSR count).